The molecule has 2 aromatic heterocycles. The van der Waals surface area contributed by atoms with Crippen LogP contribution in [0.25, 0.3) is 21.9 Å². The molecule has 118 valence electrons. The summed E-state index contributed by atoms with van der Waals surface area (Å²) in [4.78, 5) is 24.5. The quantitative estimate of drug-likeness (QED) is 0.460. The van der Waals surface area contributed by atoms with E-state index in [0.717, 1.165) is 5.39 Å². The van der Waals surface area contributed by atoms with Crippen LogP contribution in [0.15, 0.2) is 68.2 Å². The van der Waals surface area contributed by atoms with Gasteiger partial charge in [0.05, 0.1) is 17.4 Å². The highest BCUT2D eigenvalue weighted by Crippen LogP contribution is 2.27. The number of hydrogen-bond acceptors (Lipinski definition) is 5. The van der Waals surface area contributed by atoms with Crippen molar-refractivity contribution in [1.82, 2.24) is 0 Å². The zero-order chi connectivity index (χ0) is 16.7. The second-order valence-corrected chi connectivity index (χ2v) is 5.46. The molecule has 24 heavy (non-hydrogen) atoms. The lowest BCUT2D eigenvalue weighted by Crippen LogP contribution is -2.13. The molecule has 5 nitrogen and oxygen atoms in total. The van der Waals surface area contributed by atoms with Gasteiger partial charge in [0, 0.05) is 5.39 Å². The minimum Gasteiger partial charge on any atom is -0.507 e. The second kappa shape index (κ2) is 5.38. The van der Waals surface area contributed by atoms with Gasteiger partial charge in [0.1, 0.15) is 16.9 Å². The molecule has 0 radical (unpaired) electrons. The van der Waals surface area contributed by atoms with Crippen LogP contribution in [0.1, 0.15) is 16.1 Å². The Labute approximate surface area is 135 Å². The molecular formula is C19H12O5. The van der Waals surface area contributed by atoms with Crippen LogP contribution in [0.4, 0.5) is 0 Å². The molecule has 0 aliphatic rings. The van der Waals surface area contributed by atoms with E-state index in [1.807, 2.05) is 18.2 Å². The lowest BCUT2D eigenvalue weighted by atomic mass is 10.1. The second-order valence-electron chi connectivity index (χ2n) is 5.46. The third-order valence-electron chi connectivity index (χ3n) is 3.91. The summed E-state index contributed by atoms with van der Waals surface area (Å²) >= 11 is 0. The summed E-state index contributed by atoms with van der Waals surface area (Å²) in [6, 6.07) is 15.5. The van der Waals surface area contributed by atoms with Gasteiger partial charge >= 0.3 is 5.63 Å². The van der Waals surface area contributed by atoms with E-state index >= 15 is 0 Å². The average molecular weight is 320 g/mol. The molecule has 0 saturated carbocycles. The Hall–Kier alpha value is -3.34. The van der Waals surface area contributed by atoms with E-state index < -0.39 is 11.4 Å². The van der Waals surface area contributed by atoms with Crippen LogP contribution in [0.5, 0.6) is 5.75 Å². The number of furan rings is 1. The minimum atomic E-state index is -0.726. The van der Waals surface area contributed by atoms with Gasteiger partial charge in [0.2, 0.25) is 5.78 Å². The van der Waals surface area contributed by atoms with Crippen LogP contribution in [0.3, 0.4) is 0 Å². The number of para-hydroxylation sites is 2. The van der Waals surface area contributed by atoms with Crippen LogP contribution >= 0.6 is 0 Å². The number of ketones is 1. The molecule has 0 amide bonds. The molecule has 0 fully saturated rings. The average Bonchev–Trinajstić information content (AvgIpc) is 3.03. The Morgan fingerprint density at radius 1 is 0.958 bits per heavy atom. The Morgan fingerprint density at radius 2 is 1.67 bits per heavy atom. The Kier molecular flexibility index (Phi) is 3.20. The van der Waals surface area contributed by atoms with Crippen molar-refractivity contribution >= 4 is 27.7 Å². The Balaban J connectivity index is 1.76. The molecular weight excluding hydrogens is 308 g/mol. The van der Waals surface area contributed by atoms with E-state index in [1.54, 1.807) is 36.4 Å². The summed E-state index contributed by atoms with van der Waals surface area (Å²) in [6.07, 6.45) is -0.293. The molecule has 1 N–H and O–H groups in total. The fourth-order valence-corrected chi connectivity index (χ4v) is 2.69. The maximum Gasteiger partial charge on any atom is 0.343 e. The summed E-state index contributed by atoms with van der Waals surface area (Å²) in [7, 11) is 0. The van der Waals surface area contributed by atoms with E-state index in [9.17, 15) is 14.7 Å². The summed E-state index contributed by atoms with van der Waals surface area (Å²) in [5.41, 5.74) is 0.0744. The van der Waals surface area contributed by atoms with E-state index in [1.165, 1.54) is 0 Å². The van der Waals surface area contributed by atoms with Gasteiger partial charge in [-0.3, -0.25) is 4.79 Å². The minimum absolute atomic E-state index is 0.0702. The number of aromatic hydroxyl groups is 1. The van der Waals surface area contributed by atoms with Crippen molar-refractivity contribution < 1.29 is 18.7 Å². The fourth-order valence-electron chi connectivity index (χ4n) is 2.69. The SMILES string of the molecule is O=C(Cc1c(O)c2ccccc2oc1=O)c1cc2ccccc2o1. The number of carbonyl (C=O) groups excluding carboxylic acids is 1. The third kappa shape index (κ3) is 2.27. The number of fused-ring (bicyclic) bond motifs is 2. The normalized spacial score (nSPS) is 11.2. The van der Waals surface area contributed by atoms with Crippen LogP contribution in [0.2, 0.25) is 0 Å². The van der Waals surface area contributed by atoms with Crippen molar-refractivity contribution in [1.29, 1.82) is 0 Å². The van der Waals surface area contributed by atoms with Crippen LogP contribution < -0.4 is 5.63 Å². The zero-order valence-corrected chi connectivity index (χ0v) is 12.5. The van der Waals surface area contributed by atoms with Crippen molar-refractivity contribution in [3.8, 4) is 5.75 Å². The van der Waals surface area contributed by atoms with Gasteiger partial charge in [-0.2, -0.15) is 0 Å². The summed E-state index contributed by atoms with van der Waals surface area (Å²) in [6.45, 7) is 0. The monoisotopic (exact) mass is 320 g/mol. The maximum absolute atomic E-state index is 12.4. The Bertz CT molecular complexity index is 1100. The number of benzene rings is 2. The first-order valence-electron chi connectivity index (χ1n) is 7.39. The molecule has 4 rings (SSSR count). The van der Waals surface area contributed by atoms with Crippen LogP contribution in [-0.4, -0.2) is 10.9 Å². The van der Waals surface area contributed by atoms with Crippen molar-refractivity contribution in [2.75, 3.05) is 0 Å². The molecule has 2 aromatic carbocycles. The van der Waals surface area contributed by atoms with Crippen molar-refractivity contribution in [2.24, 2.45) is 0 Å². The van der Waals surface area contributed by atoms with Gasteiger partial charge in [-0.15, -0.1) is 0 Å². The lowest BCUT2D eigenvalue weighted by Gasteiger charge is -2.04. The van der Waals surface area contributed by atoms with E-state index in [2.05, 4.69) is 0 Å². The summed E-state index contributed by atoms with van der Waals surface area (Å²) in [5.74, 6) is -0.487. The lowest BCUT2D eigenvalue weighted by molar-refractivity contribution is 0.0966. The molecule has 5 heteroatoms. The first-order valence-corrected chi connectivity index (χ1v) is 7.39. The van der Waals surface area contributed by atoms with Gasteiger partial charge in [-0.1, -0.05) is 30.3 Å². The molecule has 0 saturated heterocycles. The molecule has 0 atom stereocenters. The number of Topliss-reactive ketones (excluding diaryl/α,β-unsaturated/α-hetero) is 1. The molecule has 0 aliphatic carbocycles. The first-order chi connectivity index (χ1) is 11.6. The highest BCUT2D eigenvalue weighted by atomic mass is 16.4. The molecule has 4 aromatic rings. The predicted octanol–water partition coefficient (Wildman–Crippen LogP) is 3.67. The van der Waals surface area contributed by atoms with Crippen molar-refractivity contribution in [3.05, 3.63) is 76.3 Å². The number of hydrogen-bond donors (Lipinski definition) is 1. The van der Waals surface area contributed by atoms with Gasteiger partial charge < -0.3 is 13.9 Å². The van der Waals surface area contributed by atoms with E-state index in [4.69, 9.17) is 8.83 Å². The standard InChI is InChI=1S/C19H12O5/c20-14(17-9-11-5-1-3-7-15(11)23-17)10-13-18(21)12-6-2-4-8-16(12)24-19(13)22/h1-9,21H,10H2. The van der Waals surface area contributed by atoms with E-state index in [-0.39, 0.29) is 29.1 Å². The largest absolute Gasteiger partial charge is 0.507 e. The van der Waals surface area contributed by atoms with Gasteiger partial charge in [0.15, 0.2) is 5.76 Å². The number of carbonyl (C=O) groups is 1. The molecule has 0 unspecified atom stereocenters. The molecule has 0 aliphatic heterocycles. The fraction of sp³-hybridized carbons (Fsp3) is 0.0526. The van der Waals surface area contributed by atoms with E-state index in [0.29, 0.717) is 11.0 Å². The number of rotatable bonds is 3. The molecule has 0 bridgehead atoms. The maximum atomic E-state index is 12.4. The highest BCUT2D eigenvalue weighted by Gasteiger charge is 2.20. The summed E-state index contributed by atoms with van der Waals surface area (Å²) in [5, 5.41) is 11.5. The van der Waals surface area contributed by atoms with Crippen molar-refractivity contribution in [3.63, 3.8) is 0 Å². The van der Waals surface area contributed by atoms with Gasteiger partial charge in [0.25, 0.3) is 0 Å². The van der Waals surface area contributed by atoms with Gasteiger partial charge in [-0.25, -0.2) is 4.79 Å². The van der Waals surface area contributed by atoms with Crippen molar-refractivity contribution in [2.45, 2.75) is 6.42 Å². The zero-order valence-electron chi connectivity index (χ0n) is 12.5. The molecule has 2 heterocycles. The smallest absolute Gasteiger partial charge is 0.343 e. The van der Waals surface area contributed by atoms with Crippen LogP contribution in [0, 0.1) is 0 Å². The van der Waals surface area contributed by atoms with Gasteiger partial charge in [-0.05, 0) is 24.3 Å². The highest BCUT2D eigenvalue weighted by molar-refractivity contribution is 5.99. The van der Waals surface area contributed by atoms with Crippen LogP contribution in [-0.2, 0) is 6.42 Å². The Morgan fingerprint density at radius 3 is 2.46 bits per heavy atom. The first kappa shape index (κ1) is 14.3. The third-order valence-corrected chi connectivity index (χ3v) is 3.91. The topological polar surface area (TPSA) is 80.6 Å². The summed E-state index contributed by atoms with van der Waals surface area (Å²) < 4.78 is 10.7. The molecule has 0 spiro atoms. The predicted molar refractivity (Wildman–Crippen MR) is 88.4 cm³/mol.